The molecular weight excluding hydrogens is 280 g/mol. The molecule has 2 nitrogen and oxygen atoms in total. The first-order valence-electron chi connectivity index (χ1n) is 5.98. The molecule has 0 aliphatic heterocycles. The Labute approximate surface area is 122 Å². The van der Waals surface area contributed by atoms with Crippen LogP contribution in [0.3, 0.4) is 0 Å². The van der Waals surface area contributed by atoms with Crippen LogP contribution in [-0.2, 0) is 11.3 Å². The number of hydrogen-bond acceptors (Lipinski definition) is 3. The normalized spacial score (nSPS) is 10.7. The smallest absolute Gasteiger partial charge is 0.189 e. The summed E-state index contributed by atoms with van der Waals surface area (Å²) in [5.41, 5.74) is 1.74. The minimum atomic E-state index is 0.0314. The first-order chi connectivity index (χ1) is 9.06. The fourth-order valence-corrected chi connectivity index (χ4v) is 3.03. The van der Waals surface area contributed by atoms with Crippen molar-refractivity contribution in [1.82, 2.24) is 0 Å². The minimum absolute atomic E-state index is 0.0314. The summed E-state index contributed by atoms with van der Waals surface area (Å²) >= 11 is 7.52. The van der Waals surface area contributed by atoms with Crippen LogP contribution in [0, 0.1) is 13.8 Å². The predicted octanol–water partition coefficient (Wildman–Crippen LogP) is 4.42. The number of carbonyl (C=O) groups is 1. The molecule has 0 saturated carbocycles. The lowest BCUT2D eigenvalue weighted by molar-refractivity contribution is 0.0726. The van der Waals surface area contributed by atoms with E-state index < -0.39 is 0 Å². The molecule has 0 bridgehead atoms. The third-order valence-corrected chi connectivity index (χ3v) is 3.93. The van der Waals surface area contributed by atoms with Gasteiger partial charge in [-0.05, 0) is 37.6 Å². The Morgan fingerprint density at radius 1 is 1.32 bits per heavy atom. The van der Waals surface area contributed by atoms with E-state index in [-0.39, 0.29) is 12.4 Å². The maximum Gasteiger partial charge on any atom is 0.189 e. The fraction of sp³-hybridized carbons (Fsp3) is 0.267. The molecule has 2 aromatic rings. The van der Waals surface area contributed by atoms with Gasteiger partial charge < -0.3 is 4.74 Å². The van der Waals surface area contributed by atoms with Crippen molar-refractivity contribution >= 4 is 28.7 Å². The molecule has 0 atom stereocenters. The van der Waals surface area contributed by atoms with Gasteiger partial charge in [0.05, 0.1) is 6.61 Å². The summed E-state index contributed by atoms with van der Waals surface area (Å²) < 4.78 is 5.45. The first kappa shape index (κ1) is 14.3. The van der Waals surface area contributed by atoms with E-state index >= 15 is 0 Å². The van der Waals surface area contributed by atoms with Gasteiger partial charge in [-0.25, -0.2) is 0 Å². The summed E-state index contributed by atoms with van der Waals surface area (Å²) in [6, 6.07) is 9.37. The Morgan fingerprint density at radius 3 is 2.74 bits per heavy atom. The van der Waals surface area contributed by atoms with Crippen LogP contribution in [0.25, 0.3) is 0 Å². The van der Waals surface area contributed by atoms with Gasteiger partial charge in [0.25, 0.3) is 0 Å². The molecule has 0 aliphatic carbocycles. The Hall–Kier alpha value is -1.16. The van der Waals surface area contributed by atoms with E-state index in [0.717, 1.165) is 20.9 Å². The molecule has 2 rings (SSSR count). The molecule has 1 aromatic heterocycles. The average molecular weight is 295 g/mol. The van der Waals surface area contributed by atoms with Gasteiger partial charge in [0.2, 0.25) is 0 Å². The van der Waals surface area contributed by atoms with Crippen LogP contribution in [0.4, 0.5) is 0 Å². The molecule has 0 aliphatic rings. The van der Waals surface area contributed by atoms with Crippen molar-refractivity contribution in [2.45, 2.75) is 20.5 Å². The van der Waals surface area contributed by atoms with Crippen LogP contribution in [-0.4, -0.2) is 12.4 Å². The molecule has 4 heteroatoms. The number of ketones is 1. The van der Waals surface area contributed by atoms with Crippen LogP contribution in [0.1, 0.15) is 25.7 Å². The number of hydrogen-bond donors (Lipinski definition) is 0. The van der Waals surface area contributed by atoms with Gasteiger partial charge >= 0.3 is 0 Å². The largest absolute Gasteiger partial charge is 0.369 e. The number of thiophene rings is 1. The molecule has 0 fully saturated rings. The molecule has 100 valence electrons. The van der Waals surface area contributed by atoms with Crippen LogP contribution >= 0.6 is 22.9 Å². The van der Waals surface area contributed by atoms with Crippen molar-refractivity contribution in [3.63, 3.8) is 0 Å². The highest BCUT2D eigenvalue weighted by Crippen LogP contribution is 2.21. The zero-order valence-electron chi connectivity index (χ0n) is 10.9. The Bertz CT molecular complexity index is 590. The van der Waals surface area contributed by atoms with E-state index in [4.69, 9.17) is 16.3 Å². The Balaban J connectivity index is 1.89. The number of aryl methyl sites for hydroxylation is 2. The highest BCUT2D eigenvalue weighted by atomic mass is 35.5. The maximum atomic E-state index is 12.0. The number of Topliss-reactive ketones (excluding diaryl/α,β-unsaturated/α-hetero) is 1. The third-order valence-electron chi connectivity index (χ3n) is 2.73. The molecule has 19 heavy (non-hydrogen) atoms. The standard InChI is InChI=1S/C15H15ClO2S/c1-10-6-14(11(2)19-10)15(17)9-18-8-12-4-3-5-13(16)7-12/h3-7H,8-9H2,1-2H3. The number of carbonyl (C=O) groups excluding carboxylic acids is 1. The molecule has 0 spiro atoms. The second-order valence-electron chi connectivity index (χ2n) is 4.37. The molecule has 0 amide bonds. The van der Waals surface area contributed by atoms with Crippen molar-refractivity contribution in [2.24, 2.45) is 0 Å². The second-order valence-corrected chi connectivity index (χ2v) is 6.27. The highest BCUT2D eigenvalue weighted by Gasteiger charge is 2.11. The average Bonchev–Trinajstić information content (AvgIpc) is 2.68. The van der Waals surface area contributed by atoms with Gasteiger partial charge in [-0.2, -0.15) is 0 Å². The quantitative estimate of drug-likeness (QED) is 0.763. The zero-order valence-corrected chi connectivity index (χ0v) is 12.5. The van der Waals surface area contributed by atoms with Crippen molar-refractivity contribution < 1.29 is 9.53 Å². The van der Waals surface area contributed by atoms with Crippen LogP contribution < -0.4 is 0 Å². The first-order valence-corrected chi connectivity index (χ1v) is 7.18. The van der Waals surface area contributed by atoms with Gasteiger partial charge in [0.1, 0.15) is 6.61 Å². The highest BCUT2D eigenvalue weighted by molar-refractivity contribution is 7.12. The van der Waals surface area contributed by atoms with E-state index in [1.54, 1.807) is 11.3 Å². The lowest BCUT2D eigenvalue weighted by atomic mass is 10.2. The van der Waals surface area contributed by atoms with Gasteiger partial charge in [-0.1, -0.05) is 23.7 Å². The van der Waals surface area contributed by atoms with E-state index in [1.807, 2.05) is 44.2 Å². The van der Waals surface area contributed by atoms with Crippen LogP contribution in [0.15, 0.2) is 30.3 Å². The monoisotopic (exact) mass is 294 g/mol. The maximum absolute atomic E-state index is 12.0. The molecular formula is C15H15ClO2S. The number of benzene rings is 1. The van der Waals surface area contributed by atoms with Crippen LogP contribution in [0.5, 0.6) is 0 Å². The van der Waals surface area contributed by atoms with Crippen molar-refractivity contribution in [2.75, 3.05) is 6.61 Å². The van der Waals surface area contributed by atoms with Crippen molar-refractivity contribution in [1.29, 1.82) is 0 Å². The summed E-state index contributed by atoms with van der Waals surface area (Å²) in [6.07, 6.45) is 0. The molecule has 1 heterocycles. The zero-order chi connectivity index (χ0) is 13.8. The number of halogens is 1. The summed E-state index contributed by atoms with van der Waals surface area (Å²) in [5.74, 6) is 0.0314. The van der Waals surface area contributed by atoms with E-state index in [2.05, 4.69) is 0 Å². The Kier molecular flexibility index (Phi) is 4.75. The fourth-order valence-electron chi connectivity index (χ4n) is 1.87. The van der Waals surface area contributed by atoms with Gasteiger partial charge in [-0.15, -0.1) is 11.3 Å². The topological polar surface area (TPSA) is 26.3 Å². The molecule has 0 saturated heterocycles. The molecule has 0 unspecified atom stereocenters. The second kappa shape index (κ2) is 6.33. The summed E-state index contributed by atoms with van der Waals surface area (Å²) in [7, 11) is 0. The third kappa shape index (κ3) is 3.90. The van der Waals surface area contributed by atoms with E-state index in [0.29, 0.717) is 11.6 Å². The van der Waals surface area contributed by atoms with Gasteiger partial charge in [-0.3, -0.25) is 4.79 Å². The summed E-state index contributed by atoms with van der Waals surface area (Å²) in [6.45, 7) is 4.46. The van der Waals surface area contributed by atoms with Gasteiger partial charge in [0, 0.05) is 20.3 Å². The van der Waals surface area contributed by atoms with E-state index in [9.17, 15) is 4.79 Å². The summed E-state index contributed by atoms with van der Waals surface area (Å²) in [5, 5.41) is 0.678. The predicted molar refractivity (Wildman–Crippen MR) is 79.2 cm³/mol. The van der Waals surface area contributed by atoms with E-state index in [1.165, 1.54) is 0 Å². The Morgan fingerprint density at radius 2 is 2.11 bits per heavy atom. The lowest BCUT2D eigenvalue weighted by Gasteiger charge is -2.04. The van der Waals surface area contributed by atoms with Crippen LogP contribution in [0.2, 0.25) is 5.02 Å². The summed E-state index contributed by atoms with van der Waals surface area (Å²) in [4.78, 5) is 14.2. The van der Waals surface area contributed by atoms with Crippen molar-refractivity contribution in [3.8, 4) is 0 Å². The van der Waals surface area contributed by atoms with Crippen molar-refractivity contribution in [3.05, 3.63) is 56.2 Å². The van der Waals surface area contributed by atoms with Gasteiger partial charge in [0.15, 0.2) is 5.78 Å². The number of ether oxygens (including phenoxy) is 1. The molecule has 0 N–H and O–H groups in total. The number of rotatable bonds is 5. The molecule has 0 radical (unpaired) electrons. The SMILES string of the molecule is Cc1cc(C(=O)COCc2cccc(Cl)c2)c(C)s1. The molecule has 1 aromatic carbocycles. The minimum Gasteiger partial charge on any atom is -0.369 e. The lowest BCUT2D eigenvalue weighted by Crippen LogP contribution is -2.09.